The Balaban J connectivity index is 1.88. The van der Waals surface area contributed by atoms with Crippen LogP contribution in [0.1, 0.15) is 36.5 Å². The van der Waals surface area contributed by atoms with Crippen LogP contribution in [0.2, 0.25) is 0 Å². The number of carbonyl (C=O) groups excluding carboxylic acids is 2. The number of benzene rings is 1. The highest BCUT2D eigenvalue weighted by Gasteiger charge is 2.32. The van der Waals surface area contributed by atoms with Crippen LogP contribution < -0.4 is 0 Å². The predicted octanol–water partition coefficient (Wildman–Crippen LogP) is 2.36. The van der Waals surface area contributed by atoms with Crippen LogP contribution in [0.15, 0.2) is 35.5 Å². The number of oxime groups is 1. The highest BCUT2D eigenvalue weighted by atomic mass is 16.7. The summed E-state index contributed by atoms with van der Waals surface area (Å²) in [6, 6.07) is 8.80. The number of hydrogen-bond acceptors (Lipinski definition) is 5. The average molecular weight is 275 g/mol. The Morgan fingerprint density at radius 2 is 2.10 bits per heavy atom. The molecule has 0 fully saturated rings. The van der Waals surface area contributed by atoms with Gasteiger partial charge in [-0.2, -0.15) is 0 Å². The number of nitrogens with zero attached hydrogens (tertiary/aromatic N) is 1. The largest absolute Gasteiger partial charge is 0.463 e. The molecule has 1 aliphatic rings. The first-order valence-electron chi connectivity index (χ1n) is 6.71. The van der Waals surface area contributed by atoms with Gasteiger partial charge >= 0.3 is 5.97 Å². The number of esters is 1. The molecule has 5 heteroatoms. The van der Waals surface area contributed by atoms with Crippen molar-refractivity contribution in [1.82, 2.24) is 0 Å². The average Bonchev–Trinajstić information content (AvgIpc) is 2.97. The van der Waals surface area contributed by atoms with Crippen LogP contribution in [0.5, 0.6) is 0 Å². The Morgan fingerprint density at radius 1 is 1.35 bits per heavy atom. The van der Waals surface area contributed by atoms with Crippen LogP contribution >= 0.6 is 0 Å². The van der Waals surface area contributed by atoms with Crippen LogP contribution in [0.4, 0.5) is 0 Å². The topological polar surface area (TPSA) is 65.0 Å². The first-order chi connectivity index (χ1) is 9.72. The van der Waals surface area contributed by atoms with Crippen molar-refractivity contribution < 1.29 is 19.2 Å². The van der Waals surface area contributed by atoms with Crippen molar-refractivity contribution in [3.8, 4) is 0 Å². The van der Waals surface area contributed by atoms with Gasteiger partial charge in [0.05, 0.1) is 6.61 Å². The van der Waals surface area contributed by atoms with Crippen LogP contribution in [0.3, 0.4) is 0 Å². The quantitative estimate of drug-likeness (QED) is 0.454. The molecule has 0 aliphatic carbocycles. The molecule has 0 spiro atoms. The third-order valence-corrected chi connectivity index (χ3v) is 2.97. The van der Waals surface area contributed by atoms with E-state index >= 15 is 0 Å². The molecule has 0 radical (unpaired) electrons. The van der Waals surface area contributed by atoms with Gasteiger partial charge in [-0.1, -0.05) is 48.8 Å². The van der Waals surface area contributed by atoms with Gasteiger partial charge in [0.15, 0.2) is 0 Å². The van der Waals surface area contributed by atoms with Gasteiger partial charge in [-0.3, -0.25) is 4.79 Å². The van der Waals surface area contributed by atoms with E-state index in [9.17, 15) is 9.59 Å². The van der Waals surface area contributed by atoms with Gasteiger partial charge in [0.1, 0.15) is 5.71 Å². The smallest absolute Gasteiger partial charge is 0.350 e. The number of carbonyl (C=O) groups is 2. The number of unbranched alkanes of at least 4 members (excludes halogenated alkanes) is 1. The summed E-state index contributed by atoms with van der Waals surface area (Å²) in [7, 11) is 0. The molecule has 0 N–H and O–H groups in total. The SMILES string of the molecule is CCCCOC(=O)C1CC(C(=O)c2ccccc2)=NO1. The molecule has 0 aromatic heterocycles. The number of ketones is 1. The van der Waals surface area contributed by atoms with Gasteiger partial charge in [0, 0.05) is 12.0 Å². The summed E-state index contributed by atoms with van der Waals surface area (Å²) < 4.78 is 5.05. The minimum atomic E-state index is -0.797. The molecule has 1 aliphatic heterocycles. The maximum atomic E-state index is 12.1. The molecule has 1 aromatic carbocycles. The molecule has 1 atom stereocenters. The second kappa shape index (κ2) is 6.84. The summed E-state index contributed by atoms with van der Waals surface area (Å²) in [5.41, 5.74) is 0.795. The summed E-state index contributed by atoms with van der Waals surface area (Å²) in [5, 5.41) is 3.71. The van der Waals surface area contributed by atoms with E-state index < -0.39 is 12.1 Å². The monoisotopic (exact) mass is 275 g/mol. The Labute approximate surface area is 117 Å². The van der Waals surface area contributed by atoms with Crippen LogP contribution in [0, 0.1) is 0 Å². The fourth-order valence-corrected chi connectivity index (χ4v) is 1.80. The van der Waals surface area contributed by atoms with Crippen molar-refractivity contribution in [1.29, 1.82) is 0 Å². The molecular formula is C15H17NO4. The van der Waals surface area contributed by atoms with Crippen molar-refractivity contribution in [2.24, 2.45) is 5.16 Å². The lowest BCUT2D eigenvalue weighted by Crippen LogP contribution is -2.25. The third kappa shape index (κ3) is 3.44. The minimum absolute atomic E-state index is 0.165. The molecule has 5 nitrogen and oxygen atoms in total. The fraction of sp³-hybridized carbons (Fsp3) is 0.400. The van der Waals surface area contributed by atoms with Crippen molar-refractivity contribution in [2.75, 3.05) is 6.61 Å². The zero-order valence-electron chi connectivity index (χ0n) is 11.4. The van der Waals surface area contributed by atoms with E-state index in [0.717, 1.165) is 12.8 Å². The Morgan fingerprint density at radius 3 is 2.80 bits per heavy atom. The zero-order chi connectivity index (χ0) is 14.4. The Bertz CT molecular complexity index is 510. The highest BCUT2D eigenvalue weighted by molar-refractivity contribution is 6.46. The molecule has 0 saturated heterocycles. The van der Waals surface area contributed by atoms with E-state index in [1.807, 2.05) is 13.0 Å². The Hall–Kier alpha value is -2.17. The summed E-state index contributed by atoms with van der Waals surface area (Å²) in [6.45, 7) is 2.39. The minimum Gasteiger partial charge on any atom is -0.463 e. The van der Waals surface area contributed by atoms with Gasteiger partial charge < -0.3 is 9.57 Å². The number of ether oxygens (including phenoxy) is 1. The van der Waals surface area contributed by atoms with E-state index in [1.165, 1.54) is 0 Å². The molecule has 0 amide bonds. The Kier molecular flexibility index (Phi) is 4.87. The lowest BCUT2D eigenvalue weighted by atomic mass is 10.0. The van der Waals surface area contributed by atoms with Gasteiger partial charge in [-0.05, 0) is 6.42 Å². The van der Waals surface area contributed by atoms with Gasteiger partial charge in [0.2, 0.25) is 11.9 Å². The number of hydrogen-bond donors (Lipinski definition) is 0. The molecule has 1 heterocycles. The van der Waals surface area contributed by atoms with Crippen molar-refractivity contribution in [2.45, 2.75) is 32.3 Å². The van der Waals surface area contributed by atoms with Gasteiger partial charge in [-0.25, -0.2) is 4.79 Å². The second-order valence-corrected chi connectivity index (χ2v) is 4.55. The molecule has 0 bridgehead atoms. The van der Waals surface area contributed by atoms with Crippen molar-refractivity contribution in [3.63, 3.8) is 0 Å². The molecule has 1 aromatic rings. The van der Waals surface area contributed by atoms with Gasteiger partial charge in [0.25, 0.3) is 0 Å². The fourth-order valence-electron chi connectivity index (χ4n) is 1.80. The highest BCUT2D eigenvalue weighted by Crippen LogP contribution is 2.16. The lowest BCUT2D eigenvalue weighted by molar-refractivity contribution is -0.155. The lowest BCUT2D eigenvalue weighted by Gasteiger charge is -2.07. The summed E-state index contributed by atoms with van der Waals surface area (Å²) in [4.78, 5) is 28.8. The van der Waals surface area contributed by atoms with Crippen molar-refractivity contribution >= 4 is 17.5 Å². The van der Waals surface area contributed by atoms with Gasteiger partial charge in [-0.15, -0.1) is 0 Å². The van der Waals surface area contributed by atoms with Crippen LogP contribution in [-0.2, 0) is 14.4 Å². The first-order valence-corrected chi connectivity index (χ1v) is 6.71. The number of rotatable bonds is 6. The maximum absolute atomic E-state index is 12.1. The summed E-state index contributed by atoms with van der Waals surface area (Å²) in [6.07, 6.45) is 1.13. The molecule has 20 heavy (non-hydrogen) atoms. The van der Waals surface area contributed by atoms with Crippen LogP contribution in [-0.4, -0.2) is 30.2 Å². The molecule has 1 unspecified atom stereocenters. The van der Waals surface area contributed by atoms with Crippen LogP contribution in [0.25, 0.3) is 0 Å². The maximum Gasteiger partial charge on any atom is 0.350 e. The standard InChI is InChI=1S/C15H17NO4/c1-2-3-9-19-15(18)13-10-12(16-20-13)14(17)11-7-5-4-6-8-11/h4-8,13H,2-3,9-10H2,1H3. The van der Waals surface area contributed by atoms with E-state index in [-0.39, 0.29) is 17.9 Å². The predicted molar refractivity (Wildman–Crippen MR) is 73.6 cm³/mol. The molecule has 0 saturated carbocycles. The molecule has 2 rings (SSSR count). The van der Waals surface area contributed by atoms with Crippen molar-refractivity contribution in [3.05, 3.63) is 35.9 Å². The zero-order valence-corrected chi connectivity index (χ0v) is 11.4. The third-order valence-electron chi connectivity index (χ3n) is 2.97. The normalized spacial score (nSPS) is 17.2. The second-order valence-electron chi connectivity index (χ2n) is 4.55. The van der Waals surface area contributed by atoms with E-state index in [1.54, 1.807) is 24.3 Å². The molecule has 106 valence electrons. The summed E-state index contributed by atoms with van der Waals surface area (Å²) in [5.74, 6) is -0.674. The van der Waals surface area contributed by atoms with E-state index in [0.29, 0.717) is 12.2 Å². The van der Waals surface area contributed by atoms with E-state index in [2.05, 4.69) is 5.16 Å². The summed E-state index contributed by atoms with van der Waals surface area (Å²) >= 11 is 0. The van der Waals surface area contributed by atoms with E-state index in [4.69, 9.17) is 9.57 Å². The number of Topliss-reactive ketones (excluding diaryl/α,β-unsaturated/α-hetero) is 1. The first kappa shape index (κ1) is 14.2. The molecular weight excluding hydrogens is 258 g/mol.